The first-order valence-corrected chi connectivity index (χ1v) is 9.40. The Morgan fingerprint density at radius 3 is 2.20 bits per heavy atom. The Bertz CT molecular complexity index is 805. The van der Waals surface area contributed by atoms with Gasteiger partial charge >= 0.3 is 0 Å². The molecule has 0 bridgehead atoms. The molecule has 3 aromatic rings. The molecular weight excluding hydrogens is 356 g/mol. The summed E-state index contributed by atoms with van der Waals surface area (Å²) in [6, 6.07) is 9.65. The first kappa shape index (κ1) is 17.2. The van der Waals surface area contributed by atoms with Crippen LogP contribution < -0.4 is 10.6 Å². The molecule has 0 aliphatic carbocycles. The highest BCUT2D eigenvalue weighted by atomic mass is 32.1. The van der Waals surface area contributed by atoms with E-state index < -0.39 is 5.92 Å². The zero-order chi connectivity index (χ0) is 17.5. The maximum absolute atomic E-state index is 12.6. The number of rotatable bonds is 7. The first-order chi connectivity index (χ1) is 12.2. The van der Waals surface area contributed by atoms with Gasteiger partial charge in [-0.2, -0.15) is 0 Å². The summed E-state index contributed by atoms with van der Waals surface area (Å²) >= 11 is 2.69. The fourth-order valence-electron chi connectivity index (χ4n) is 2.33. The molecule has 0 saturated carbocycles. The molecule has 2 aromatic heterocycles. The van der Waals surface area contributed by atoms with Gasteiger partial charge < -0.3 is 10.6 Å². The zero-order valence-corrected chi connectivity index (χ0v) is 14.8. The van der Waals surface area contributed by atoms with Gasteiger partial charge in [0.1, 0.15) is 0 Å². The maximum atomic E-state index is 12.6. The zero-order valence-electron chi connectivity index (χ0n) is 13.2. The minimum atomic E-state index is -0.494. The molecule has 6 nitrogen and oxygen atoms in total. The highest BCUT2D eigenvalue weighted by Gasteiger charge is 2.23. The van der Waals surface area contributed by atoms with Gasteiger partial charge in [0.15, 0.2) is 10.3 Å². The minimum Gasteiger partial charge on any atom is -0.302 e. The number of thiazole rings is 2. The molecule has 1 atom stereocenters. The summed E-state index contributed by atoms with van der Waals surface area (Å²) in [6.07, 6.45) is 3.80. The van der Waals surface area contributed by atoms with Crippen LogP contribution in [0.25, 0.3) is 0 Å². The number of nitrogens with one attached hydrogen (secondary N) is 2. The smallest absolute Gasteiger partial charge is 0.230 e. The van der Waals surface area contributed by atoms with Crippen molar-refractivity contribution in [3.63, 3.8) is 0 Å². The van der Waals surface area contributed by atoms with E-state index in [1.54, 1.807) is 23.2 Å². The van der Waals surface area contributed by atoms with E-state index >= 15 is 0 Å². The van der Waals surface area contributed by atoms with Crippen LogP contribution in [0.5, 0.6) is 0 Å². The van der Waals surface area contributed by atoms with E-state index in [9.17, 15) is 9.59 Å². The summed E-state index contributed by atoms with van der Waals surface area (Å²) < 4.78 is 0. The number of anilines is 2. The van der Waals surface area contributed by atoms with Crippen LogP contribution in [0.3, 0.4) is 0 Å². The highest BCUT2D eigenvalue weighted by molar-refractivity contribution is 7.14. The molecular formula is C17H16N4O2S2. The summed E-state index contributed by atoms with van der Waals surface area (Å²) in [5.74, 6) is -0.940. The summed E-state index contributed by atoms with van der Waals surface area (Å²) in [4.78, 5) is 33.0. The van der Waals surface area contributed by atoms with Gasteiger partial charge in [0.05, 0.1) is 5.92 Å². The van der Waals surface area contributed by atoms with Gasteiger partial charge in [-0.3, -0.25) is 9.59 Å². The second kappa shape index (κ2) is 8.50. The van der Waals surface area contributed by atoms with Crippen molar-refractivity contribution in [1.29, 1.82) is 0 Å². The molecule has 0 saturated heterocycles. The summed E-state index contributed by atoms with van der Waals surface area (Å²) in [7, 11) is 0. The van der Waals surface area contributed by atoms with E-state index in [-0.39, 0.29) is 18.2 Å². The molecule has 2 heterocycles. The van der Waals surface area contributed by atoms with Gasteiger partial charge in [0, 0.05) is 29.6 Å². The third kappa shape index (κ3) is 5.20. The fourth-order valence-corrected chi connectivity index (χ4v) is 3.41. The van der Waals surface area contributed by atoms with Crippen molar-refractivity contribution in [2.45, 2.75) is 12.8 Å². The molecule has 0 aliphatic rings. The van der Waals surface area contributed by atoms with Crippen molar-refractivity contribution >= 4 is 44.8 Å². The molecule has 3 rings (SSSR count). The Balaban J connectivity index is 1.68. The molecule has 128 valence electrons. The number of carbonyl (C=O) groups excluding carboxylic acids is 2. The van der Waals surface area contributed by atoms with Crippen LogP contribution in [-0.2, 0) is 16.0 Å². The number of amides is 2. The molecule has 0 unspecified atom stereocenters. The van der Waals surface area contributed by atoms with Gasteiger partial charge in [0.2, 0.25) is 11.8 Å². The van der Waals surface area contributed by atoms with E-state index in [0.717, 1.165) is 5.56 Å². The van der Waals surface area contributed by atoms with Crippen LogP contribution in [0.2, 0.25) is 0 Å². The number of nitrogens with zero attached hydrogens (tertiary/aromatic N) is 2. The molecule has 0 fully saturated rings. The molecule has 8 heteroatoms. The van der Waals surface area contributed by atoms with Gasteiger partial charge in [0.25, 0.3) is 0 Å². The Labute approximate surface area is 153 Å². The lowest BCUT2D eigenvalue weighted by Crippen LogP contribution is -2.29. The van der Waals surface area contributed by atoms with Crippen molar-refractivity contribution in [2.75, 3.05) is 10.6 Å². The largest absolute Gasteiger partial charge is 0.302 e. The van der Waals surface area contributed by atoms with Crippen LogP contribution in [0.4, 0.5) is 10.3 Å². The van der Waals surface area contributed by atoms with Gasteiger partial charge in [-0.1, -0.05) is 30.3 Å². The van der Waals surface area contributed by atoms with E-state index in [2.05, 4.69) is 20.6 Å². The predicted molar refractivity (Wildman–Crippen MR) is 99.7 cm³/mol. The lowest BCUT2D eigenvalue weighted by atomic mass is 9.95. The Morgan fingerprint density at radius 2 is 1.60 bits per heavy atom. The maximum Gasteiger partial charge on any atom is 0.230 e. The van der Waals surface area contributed by atoms with Crippen molar-refractivity contribution in [3.05, 3.63) is 59.0 Å². The summed E-state index contributed by atoms with van der Waals surface area (Å²) in [5, 5.41) is 10.1. The summed E-state index contributed by atoms with van der Waals surface area (Å²) in [6.45, 7) is 0. The number of carbonyl (C=O) groups is 2. The number of hydrogen-bond donors (Lipinski definition) is 2. The lowest BCUT2D eigenvalue weighted by molar-refractivity contribution is -0.124. The summed E-state index contributed by atoms with van der Waals surface area (Å²) in [5.41, 5.74) is 1.00. The lowest BCUT2D eigenvalue weighted by Gasteiger charge is -2.15. The van der Waals surface area contributed by atoms with Gasteiger partial charge in [-0.05, 0) is 12.0 Å². The second-order valence-corrected chi connectivity index (χ2v) is 7.09. The molecule has 0 radical (unpaired) electrons. The number of aromatic nitrogens is 2. The SMILES string of the molecule is O=C(C[C@@H](Cc1ccccc1)C(=O)Nc1nccs1)Nc1nccs1. The third-order valence-electron chi connectivity index (χ3n) is 3.47. The molecule has 0 aliphatic heterocycles. The van der Waals surface area contributed by atoms with E-state index in [1.165, 1.54) is 22.7 Å². The normalized spacial score (nSPS) is 11.7. The third-order valence-corrected chi connectivity index (χ3v) is 4.85. The van der Waals surface area contributed by atoms with Crippen molar-refractivity contribution in [2.24, 2.45) is 5.92 Å². The van der Waals surface area contributed by atoms with Gasteiger partial charge in [-0.25, -0.2) is 9.97 Å². The molecule has 2 amide bonds. The highest BCUT2D eigenvalue weighted by Crippen LogP contribution is 2.19. The molecule has 25 heavy (non-hydrogen) atoms. The number of benzene rings is 1. The van der Waals surface area contributed by atoms with Crippen molar-refractivity contribution in [1.82, 2.24) is 9.97 Å². The Hall–Kier alpha value is -2.58. The van der Waals surface area contributed by atoms with Gasteiger partial charge in [-0.15, -0.1) is 22.7 Å². The molecule has 0 spiro atoms. The number of hydrogen-bond acceptors (Lipinski definition) is 6. The monoisotopic (exact) mass is 372 g/mol. The van der Waals surface area contributed by atoms with Crippen LogP contribution >= 0.6 is 22.7 Å². The van der Waals surface area contributed by atoms with E-state index in [4.69, 9.17) is 0 Å². The Morgan fingerprint density at radius 1 is 0.960 bits per heavy atom. The Kier molecular flexibility index (Phi) is 5.86. The molecule has 2 N–H and O–H groups in total. The average molecular weight is 372 g/mol. The minimum absolute atomic E-state index is 0.0751. The van der Waals surface area contributed by atoms with E-state index in [1.807, 2.05) is 30.3 Å². The van der Waals surface area contributed by atoms with Crippen LogP contribution in [-0.4, -0.2) is 21.8 Å². The molecule has 1 aromatic carbocycles. The van der Waals surface area contributed by atoms with Crippen molar-refractivity contribution in [3.8, 4) is 0 Å². The van der Waals surface area contributed by atoms with E-state index in [0.29, 0.717) is 16.7 Å². The van der Waals surface area contributed by atoms with Crippen molar-refractivity contribution < 1.29 is 9.59 Å². The second-order valence-electron chi connectivity index (χ2n) is 5.30. The topological polar surface area (TPSA) is 84.0 Å². The fraction of sp³-hybridized carbons (Fsp3) is 0.176. The quantitative estimate of drug-likeness (QED) is 0.665. The standard InChI is InChI=1S/C17H16N4O2S2/c22-14(20-16-18-6-8-24-16)11-13(10-12-4-2-1-3-5-12)15(23)21-17-19-7-9-25-17/h1-9,13H,10-11H2,(H,18,20,22)(H,19,21,23)/t13-/m1/s1. The van der Waals surface area contributed by atoms with Crippen LogP contribution in [0, 0.1) is 5.92 Å². The first-order valence-electron chi connectivity index (χ1n) is 7.64. The van der Waals surface area contributed by atoms with Crippen LogP contribution in [0.1, 0.15) is 12.0 Å². The van der Waals surface area contributed by atoms with Crippen LogP contribution in [0.15, 0.2) is 53.5 Å². The predicted octanol–water partition coefficient (Wildman–Crippen LogP) is 3.43. The average Bonchev–Trinajstić information content (AvgIpc) is 3.29.